The number of amides is 2. The van der Waals surface area contributed by atoms with Gasteiger partial charge >= 0.3 is 0 Å². The molecule has 1 saturated carbocycles. The third kappa shape index (κ3) is 2.16. The van der Waals surface area contributed by atoms with E-state index in [0.29, 0.717) is 24.5 Å². The van der Waals surface area contributed by atoms with Crippen LogP contribution in [0.1, 0.15) is 37.7 Å². The van der Waals surface area contributed by atoms with Crippen LogP contribution < -0.4 is 10.2 Å². The van der Waals surface area contributed by atoms with Gasteiger partial charge in [-0.1, -0.05) is 24.6 Å². The van der Waals surface area contributed by atoms with Crippen molar-refractivity contribution >= 4 is 29.4 Å². The summed E-state index contributed by atoms with van der Waals surface area (Å²) in [5.41, 5.74) is -0.0221. The molecule has 4 rings (SSSR count). The molecule has 1 spiro atoms. The molecule has 3 aliphatic rings. The molecule has 2 aliphatic heterocycles. The molecule has 7 heteroatoms. The Hall–Kier alpha value is -1.63. The highest BCUT2D eigenvalue weighted by molar-refractivity contribution is 7.98. The summed E-state index contributed by atoms with van der Waals surface area (Å²) in [5, 5.41) is 3.52. The largest absolute Gasteiger partial charge is 0.355 e. The zero-order valence-corrected chi connectivity index (χ0v) is 14.0. The van der Waals surface area contributed by atoms with E-state index in [4.69, 9.17) is 0 Å². The summed E-state index contributed by atoms with van der Waals surface area (Å²) in [7, 11) is 0. The zero-order valence-electron chi connectivity index (χ0n) is 13.2. The molecule has 2 amide bonds. The van der Waals surface area contributed by atoms with Crippen LogP contribution in [0.25, 0.3) is 0 Å². The molecule has 3 heterocycles. The predicted molar refractivity (Wildman–Crippen MR) is 87.3 cm³/mol. The van der Waals surface area contributed by atoms with Gasteiger partial charge in [-0.25, -0.2) is 9.97 Å². The van der Waals surface area contributed by atoms with Crippen molar-refractivity contribution in [3.63, 3.8) is 0 Å². The van der Waals surface area contributed by atoms with Crippen molar-refractivity contribution in [3.8, 4) is 0 Å². The Morgan fingerprint density at radius 1 is 1.35 bits per heavy atom. The van der Waals surface area contributed by atoms with Crippen LogP contribution in [0.4, 0.5) is 5.82 Å². The standard InChI is InChI=1S/C16H20N4O2S/c1-23-15-18-9-10-8-16(6-7-17-13(16)21)14(22)20(12(10)19-15)11-4-2-3-5-11/h9,11H,2-8H2,1H3,(H,17,21). The fourth-order valence-corrected chi connectivity index (χ4v) is 4.42. The number of nitrogens with one attached hydrogen (secondary N) is 1. The second kappa shape index (κ2) is 5.47. The molecule has 1 saturated heterocycles. The van der Waals surface area contributed by atoms with Crippen LogP contribution in [0, 0.1) is 5.41 Å². The maximum absolute atomic E-state index is 13.3. The Kier molecular flexibility index (Phi) is 3.55. The first kappa shape index (κ1) is 14.9. The van der Waals surface area contributed by atoms with E-state index < -0.39 is 5.41 Å². The molecule has 1 aromatic heterocycles. The van der Waals surface area contributed by atoms with Gasteiger partial charge in [0.2, 0.25) is 11.8 Å². The third-order valence-corrected chi connectivity index (χ3v) is 5.87. The van der Waals surface area contributed by atoms with Gasteiger partial charge < -0.3 is 5.32 Å². The number of anilines is 1. The lowest BCUT2D eigenvalue weighted by Gasteiger charge is -2.40. The van der Waals surface area contributed by atoms with Gasteiger partial charge in [-0.05, 0) is 25.5 Å². The summed E-state index contributed by atoms with van der Waals surface area (Å²) in [4.78, 5) is 36.6. The maximum Gasteiger partial charge on any atom is 0.244 e. The number of thioether (sulfide) groups is 1. The number of carbonyl (C=O) groups excluding carboxylic acids is 2. The number of hydrogen-bond acceptors (Lipinski definition) is 5. The van der Waals surface area contributed by atoms with E-state index in [0.717, 1.165) is 37.1 Å². The van der Waals surface area contributed by atoms with Crippen LogP contribution in [0.5, 0.6) is 0 Å². The molecule has 122 valence electrons. The first-order chi connectivity index (χ1) is 11.2. The van der Waals surface area contributed by atoms with Gasteiger partial charge in [0.15, 0.2) is 5.16 Å². The fraction of sp³-hybridized carbons (Fsp3) is 0.625. The van der Waals surface area contributed by atoms with Crippen LogP contribution in [0.2, 0.25) is 0 Å². The molecule has 1 atom stereocenters. The Bertz CT molecular complexity index is 674. The summed E-state index contributed by atoms with van der Waals surface area (Å²) in [6.07, 6.45) is 8.95. The average Bonchev–Trinajstić information content (AvgIpc) is 3.20. The molecule has 2 fully saturated rings. The molecule has 23 heavy (non-hydrogen) atoms. The van der Waals surface area contributed by atoms with Crippen LogP contribution in [0.3, 0.4) is 0 Å². The highest BCUT2D eigenvalue weighted by atomic mass is 32.2. The van der Waals surface area contributed by atoms with Gasteiger partial charge in [-0.2, -0.15) is 0 Å². The predicted octanol–water partition coefficient (Wildman–Crippen LogP) is 1.54. The minimum Gasteiger partial charge on any atom is -0.355 e. The second-order valence-electron chi connectivity index (χ2n) is 6.58. The molecule has 0 bridgehead atoms. The number of nitrogens with zero attached hydrogens (tertiary/aromatic N) is 3. The van der Waals surface area contributed by atoms with Crippen molar-refractivity contribution in [3.05, 3.63) is 11.8 Å². The maximum atomic E-state index is 13.3. The lowest BCUT2D eigenvalue weighted by molar-refractivity contribution is -0.140. The van der Waals surface area contributed by atoms with Crippen molar-refractivity contribution < 1.29 is 9.59 Å². The molecule has 0 radical (unpaired) electrons. The van der Waals surface area contributed by atoms with Crippen molar-refractivity contribution in [2.24, 2.45) is 5.41 Å². The zero-order chi connectivity index (χ0) is 16.0. The van der Waals surface area contributed by atoms with Crippen molar-refractivity contribution in [1.82, 2.24) is 15.3 Å². The molecule has 1 N–H and O–H groups in total. The Labute approximate surface area is 139 Å². The van der Waals surface area contributed by atoms with Crippen LogP contribution in [-0.4, -0.2) is 40.6 Å². The Balaban J connectivity index is 1.84. The van der Waals surface area contributed by atoms with Crippen LogP contribution >= 0.6 is 11.8 Å². The lowest BCUT2D eigenvalue weighted by atomic mass is 9.76. The van der Waals surface area contributed by atoms with Crippen molar-refractivity contribution in [2.45, 2.75) is 49.7 Å². The summed E-state index contributed by atoms with van der Waals surface area (Å²) >= 11 is 1.47. The first-order valence-corrected chi connectivity index (χ1v) is 9.40. The summed E-state index contributed by atoms with van der Waals surface area (Å²) in [6, 6.07) is 0.163. The molecule has 0 aromatic carbocycles. The third-order valence-electron chi connectivity index (χ3n) is 5.31. The highest BCUT2D eigenvalue weighted by Crippen LogP contribution is 2.44. The van der Waals surface area contributed by atoms with E-state index >= 15 is 0 Å². The fourth-order valence-electron chi connectivity index (χ4n) is 4.09. The summed E-state index contributed by atoms with van der Waals surface area (Å²) < 4.78 is 0. The molecule has 1 aromatic rings. The van der Waals surface area contributed by atoms with Gasteiger partial charge in [0.25, 0.3) is 0 Å². The minimum absolute atomic E-state index is 0.0577. The minimum atomic E-state index is -0.945. The van der Waals surface area contributed by atoms with E-state index in [9.17, 15) is 9.59 Å². The molecule has 1 unspecified atom stereocenters. The van der Waals surface area contributed by atoms with E-state index in [1.807, 2.05) is 11.2 Å². The number of rotatable bonds is 2. The quantitative estimate of drug-likeness (QED) is 0.505. The molecule has 6 nitrogen and oxygen atoms in total. The van der Waals surface area contributed by atoms with E-state index in [1.54, 1.807) is 6.20 Å². The SMILES string of the molecule is CSc1ncc2c(n1)N(C1CCCC1)C(=O)C1(CCNC1=O)C2. The average molecular weight is 332 g/mol. The Morgan fingerprint density at radius 3 is 2.78 bits per heavy atom. The number of fused-ring (bicyclic) bond motifs is 1. The monoisotopic (exact) mass is 332 g/mol. The number of carbonyl (C=O) groups is 2. The van der Waals surface area contributed by atoms with E-state index in [-0.39, 0.29) is 17.9 Å². The van der Waals surface area contributed by atoms with Gasteiger partial charge in [0.05, 0.1) is 0 Å². The van der Waals surface area contributed by atoms with E-state index in [1.165, 1.54) is 11.8 Å². The normalized spacial score (nSPS) is 27.6. The topological polar surface area (TPSA) is 75.2 Å². The molecular weight excluding hydrogens is 312 g/mol. The van der Waals surface area contributed by atoms with Gasteiger partial charge in [-0.3, -0.25) is 14.5 Å². The lowest BCUT2D eigenvalue weighted by Crippen LogP contribution is -2.56. The van der Waals surface area contributed by atoms with Crippen LogP contribution in [-0.2, 0) is 16.0 Å². The highest BCUT2D eigenvalue weighted by Gasteiger charge is 2.56. The van der Waals surface area contributed by atoms with Gasteiger partial charge in [-0.15, -0.1) is 0 Å². The van der Waals surface area contributed by atoms with Crippen molar-refractivity contribution in [2.75, 3.05) is 17.7 Å². The van der Waals surface area contributed by atoms with Gasteiger partial charge in [0, 0.05) is 30.8 Å². The summed E-state index contributed by atoms with van der Waals surface area (Å²) in [6.45, 7) is 0.572. The van der Waals surface area contributed by atoms with Crippen molar-refractivity contribution in [1.29, 1.82) is 0 Å². The van der Waals surface area contributed by atoms with E-state index in [2.05, 4.69) is 15.3 Å². The number of aromatic nitrogens is 2. The first-order valence-electron chi connectivity index (χ1n) is 8.17. The smallest absolute Gasteiger partial charge is 0.244 e. The summed E-state index contributed by atoms with van der Waals surface area (Å²) in [5.74, 6) is 0.536. The molecular formula is C16H20N4O2S. The second-order valence-corrected chi connectivity index (χ2v) is 7.36. The Morgan fingerprint density at radius 2 is 2.13 bits per heavy atom. The number of hydrogen-bond donors (Lipinski definition) is 1. The molecule has 1 aliphatic carbocycles. The van der Waals surface area contributed by atoms with Crippen LogP contribution in [0.15, 0.2) is 11.4 Å². The van der Waals surface area contributed by atoms with Gasteiger partial charge in [0.1, 0.15) is 11.2 Å².